The summed E-state index contributed by atoms with van der Waals surface area (Å²) >= 11 is 0. The first-order valence-corrected chi connectivity index (χ1v) is 6.04. The molecule has 0 saturated carbocycles. The van der Waals surface area contributed by atoms with Crippen LogP contribution in [-0.2, 0) is 0 Å². The van der Waals surface area contributed by atoms with Crippen molar-refractivity contribution in [3.63, 3.8) is 0 Å². The van der Waals surface area contributed by atoms with Crippen molar-refractivity contribution < 1.29 is 17.9 Å². The van der Waals surface area contributed by atoms with Crippen LogP contribution in [0.4, 0.5) is 24.7 Å². The Morgan fingerprint density at radius 3 is 2.47 bits per heavy atom. The second kappa shape index (κ2) is 5.14. The number of nitrogen functional groups attached to an aromatic ring is 1. The van der Waals surface area contributed by atoms with E-state index in [-0.39, 0.29) is 12.8 Å². The molecule has 1 aromatic heterocycles. The van der Waals surface area contributed by atoms with Gasteiger partial charge < -0.3 is 15.4 Å². The maximum Gasteiger partial charge on any atom is 0.391 e. The standard InChI is InChI=1S/C12H16F3N3O/c1-19-10-3-2-9(16)11(17-10)18-6-4-8(5-7-18)12(13,14)15/h2-3,8H,4-7,16H2,1H3. The van der Waals surface area contributed by atoms with E-state index < -0.39 is 12.1 Å². The van der Waals surface area contributed by atoms with Gasteiger partial charge in [-0.2, -0.15) is 18.2 Å². The van der Waals surface area contributed by atoms with Crippen LogP contribution in [0.5, 0.6) is 5.88 Å². The topological polar surface area (TPSA) is 51.4 Å². The molecule has 4 nitrogen and oxygen atoms in total. The molecule has 0 atom stereocenters. The first-order chi connectivity index (χ1) is 8.91. The van der Waals surface area contributed by atoms with Crippen LogP contribution in [0.25, 0.3) is 0 Å². The zero-order valence-electron chi connectivity index (χ0n) is 10.6. The third-order valence-electron chi connectivity index (χ3n) is 3.35. The molecule has 0 spiro atoms. The second-order valence-corrected chi connectivity index (χ2v) is 4.57. The first-order valence-electron chi connectivity index (χ1n) is 6.04. The van der Waals surface area contributed by atoms with Crippen molar-refractivity contribution in [1.29, 1.82) is 0 Å². The van der Waals surface area contributed by atoms with Crippen molar-refractivity contribution in [2.24, 2.45) is 5.92 Å². The molecule has 0 unspecified atom stereocenters. The highest BCUT2D eigenvalue weighted by Crippen LogP contribution is 2.36. The van der Waals surface area contributed by atoms with Gasteiger partial charge in [0.15, 0.2) is 5.82 Å². The fraction of sp³-hybridized carbons (Fsp3) is 0.583. The van der Waals surface area contributed by atoms with E-state index in [1.165, 1.54) is 7.11 Å². The zero-order chi connectivity index (χ0) is 14.0. The lowest BCUT2D eigenvalue weighted by Crippen LogP contribution is -2.39. The van der Waals surface area contributed by atoms with Gasteiger partial charge in [-0.25, -0.2) is 0 Å². The van der Waals surface area contributed by atoms with Gasteiger partial charge in [0.25, 0.3) is 0 Å². The Bertz CT molecular complexity index is 442. The number of nitrogens with zero attached hydrogens (tertiary/aromatic N) is 2. The van der Waals surface area contributed by atoms with E-state index in [4.69, 9.17) is 10.5 Å². The smallest absolute Gasteiger partial charge is 0.391 e. The van der Waals surface area contributed by atoms with Gasteiger partial charge in [-0.15, -0.1) is 0 Å². The van der Waals surface area contributed by atoms with Gasteiger partial charge >= 0.3 is 6.18 Å². The Balaban J connectivity index is 2.09. The molecule has 106 valence electrons. The van der Waals surface area contributed by atoms with E-state index in [1.807, 2.05) is 0 Å². The Labute approximate surface area is 109 Å². The second-order valence-electron chi connectivity index (χ2n) is 4.57. The lowest BCUT2D eigenvalue weighted by molar-refractivity contribution is -0.179. The number of methoxy groups -OCH3 is 1. The van der Waals surface area contributed by atoms with Crippen LogP contribution in [0.3, 0.4) is 0 Å². The molecule has 0 aromatic carbocycles. The Morgan fingerprint density at radius 2 is 1.95 bits per heavy atom. The minimum absolute atomic E-state index is 0.0713. The summed E-state index contributed by atoms with van der Waals surface area (Å²) in [5.41, 5.74) is 6.26. The van der Waals surface area contributed by atoms with E-state index in [9.17, 15) is 13.2 Å². The summed E-state index contributed by atoms with van der Waals surface area (Å²) in [4.78, 5) is 5.98. The number of aromatic nitrogens is 1. The number of hydrogen-bond donors (Lipinski definition) is 1. The van der Waals surface area contributed by atoms with Gasteiger partial charge in [0, 0.05) is 19.2 Å². The maximum atomic E-state index is 12.6. The molecule has 0 amide bonds. The number of pyridine rings is 1. The Hall–Kier alpha value is -1.66. The minimum atomic E-state index is -4.11. The fourth-order valence-electron chi connectivity index (χ4n) is 2.23. The van der Waals surface area contributed by atoms with Crippen molar-refractivity contribution in [1.82, 2.24) is 4.98 Å². The number of piperidine rings is 1. The number of hydrogen-bond acceptors (Lipinski definition) is 4. The first kappa shape index (κ1) is 13.8. The Morgan fingerprint density at radius 1 is 1.32 bits per heavy atom. The fourth-order valence-corrected chi connectivity index (χ4v) is 2.23. The monoisotopic (exact) mass is 275 g/mol. The van der Waals surface area contributed by atoms with Crippen LogP contribution in [0, 0.1) is 5.92 Å². The molecule has 2 rings (SSSR count). The van der Waals surface area contributed by atoms with E-state index in [1.54, 1.807) is 17.0 Å². The van der Waals surface area contributed by atoms with Crippen LogP contribution in [0.2, 0.25) is 0 Å². The molecule has 1 aliphatic heterocycles. The highest BCUT2D eigenvalue weighted by molar-refractivity contribution is 5.63. The summed E-state index contributed by atoms with van der Waals surface area (Å²) < 4.78 is 42.8. The van der Waals surface area contributed by atoms with Crippen molar-refractivity contribution in [3.05, 3.63) is 12.1 Å². The quantitative estimate of drug-likeness (QED) is 0.900. The van der Waals surface area contributed by atoms with E-state index in [2.05, 4.69) is 4.98 Å². The van der Waals surface area contributed by atoms with Gasteiger partial charge in [-0.3, -0.25) is 0 Å². The molecule has 0 radical (unpaired) electrons. The van der Waals surface area contributed by atoms with Crippen molar-refractivity contribution in [2.45, 2.75) is 19.0 Å². The molecule has 2 heterocycles. The van der Waals surface area contributed by atoms with Crippen LogP contribution >= 0.6 is 0 Å². The average molecular weight is 275 g/mol. The Kier molecular flexibility index (Phi) is 3.73. The number of halogens is 3. The third-order valence-corrected chi connectivity index (χ3v) is 3.35. The normalized spacial score (nSPS) is 17.6. The van der Waals surface area contributed by atoms with Gasteiger partial charge in [-0.1, -0.05) is 0 Å². The van der Waals surface area contributed by atoms with Gasteiger partial charge in [0.05, 0.1) is 18.7 Å². The molecule has 19 heavy (non-hydrogen) atoms. The number of alkyl halides is 3. The van der Waals surface area contributed by atoms with Crippen LogP contribution in [-0.4, -0.2) is 31.4 Å². The van der Waals surface area contributed by atoms with Gasteiger partial charge in [-0.05, 0) is 18.9 Å². The van der Waals surface area contributed by atoms with Crippen molar-refractivity contribution in [2.75, 3.05) is 30.8 Å². The molecule has 1 aliphatic rings. The molecule has 7 heteroatoms. The highest BCUT2D eigenvalue weighted by Gasteiger charge is 2.41. The molecule has 1 fully saturated rings. The zero-order valence-corrected chi connectivity index (χ0v) is 10.6. The predicted molar refractivity (Wildman–Crippen MR) is 66.2 cm³/mol. The third kappa shape index (κ3) is 3.02. The molecule has 2 N–H and O–H groups in total. The van der Waals surface area contributed by atoms with Gasteiger partial charge in [0.1, 0.15) is 0 Å². The van der Waals surface area contributed by atoms with Crippen LogP contribution in [0.15, 0.2) is 12.1 Å². The van der Waals surface area contributed by atoms with E-state index in [0.717, 1.165) is 0 Å². The summed E-state index contributed by atoms with van der Waals surface area (Å²) in [5, 5.41) is 0. The predicted octanol–water partition coefficient (Wildman–Crippen LogP) is 2.45. The molecular weight excluding hydrogens is 259 g/mol. The number of nitrogens with two attached hydrogens (primary N) is 1. The summed E-state index contributed by atoms with van der Waals surface area (Å²) in [7, 11) is 1.48. The SMILES string of the molecule is COc1ccc(N)c(N2CCC(C(F)(F)F)CC2)n1. The van der Waals surface area contributed by atoms with Crippen LogP contribution < -0.4 is 15.4 Å². The molecule has 1 aromatic rings. The summed E-state index contributed by atoms with van der Waals surface area (Å²) in [6.45, 7) is 0.600. The van der Waals surface area contributed by atoms with Crippen molar-refractivity contribution >= 4 is 11.5 Å². The molecular formula is C12H16F3N3O. The minimum Gasteiger partial charge on any atom is -0.481 e. The van der Waals surface area contributed by atoms with Crippen molar-refractivity contribution in [3.8, 4) is 5.88 Å². The number of ether oxygens (including phenoxy) is 1. The maximum absolute atomic E-state index is 12.6. The number of rotatable bonds is 2. The van der Waals surface area contributed by atoms with Crippen LogP contribution in [0.1, 0.15) is 12.8 Å². The molecule has 0 bridgehead atoms. The largest absolute Gasteiger partial charge is 0.481 e. The summed E-state index contributed by atoms with van der Waals surface area (Å²) in [6, 6.07) is 3.28. The lowest BCUT2D eigenvalue weighted by Gasteiger charge is -2.34. The average Bonchev–Trinajstić information content (AvgIpc) is 2.38. The summed E-state index contributed by atoms with van der Waals surface area (Å²) in [6.07, 6.45) is -3.97. The number of anilines is 2. The molecule has 1 saturated heterocycles. The highest BCUT2D eigenvalue weighted by atomic mass is 19.4. The van der Waals surface area contributed by atoms with Gasteiger partial charge in [0.2, 0.25) is 5.88 Å². The van der Waals surface area contributed by atoms with E-state index in [0.29, 0.717) is 30.5 Å². The molecule has 0 aliphatic carbocycles. The van der Waals surface area contributed by atoms with E-state index >= 15 is 0 Å². The lowest BCUT2D eigenvalue weighted by atomic mass is 9.96. The summed E-state index contributed by atoms with van der Waals surface area (Å²) in [5.74, 6) is -0.322.